The number of primary amides is 1. The van der Waals surface area contributed by atoms with Crippen molar-refractivity contribution in [3.63, 3.8) is 0 Å². The van der Waals surface area contributed by atoms with E-state index in [2.05, 4.69) is 29.8 Å². The molecule has 3 rings (SSSR count). The van der Waals surface area contributed by atoms with Gasteiger partial charge in [-0.15, -0.1) is 0 Å². The molecule has 198 valence electrons. The number of rotatable bonds is 9. The number of amides is 5. The van der Waals surface area contributed by atoms with E-state index in [0.29, 0.717) is 18.9 Å². The van der Waals surface area contributed by atoms with Gasteiger partial charge < -0.3 is 37.4 Å². The number of carbonyl (C=O) groups excluding carboxylic acids is 4. The van der Waals surface area contributed by atoms with Crippen LogP contribution in [0.3, 0.4) is 0 Å². The Balaban J connectivity index is 1.75. The Morgan fingerprint density at radius 3 is 2.26 bits per heavy atom. The van der Waals surface area contributed by atoms with Crippen LogP contribution in [0.2, 0.25) is 0 Å². The van der Waals surface area contributed by atoms with Crippen LogP contribution in [0.25, 0.3) is 0 Å². The van der Waals surface area contributed by atoms with Crippen molar-refractivity contribution >= 4 is 23.8 Å². The van der Waals surface area contributed by atoms with Crippen molar-refractivity contribution in [3.8, 4) is 0 Å². The minimum Gasteiger partial charge on any atom is -0.381 e. The summed E-state index contributed by atoms with van der Waals surface area (Å²) in [6, 6.07) is -3.11. The van der Waals surface area contributed by atoms with Gasteiger partial charge in [-0.2, -0.15) is 0 Å². The largest absolute Gasteiger partial charge is 0.381 e. The summed E-state index contributed by atoms with van der Waals surface area (Å²) >= 11 is 0. The fraction of sp³-hybridized carbons (Fsp3) is 0.833. The molecule has 35 heavy (non-hydrogen) atoms. The minimum absolute atomic E-state index is 0.0663. The van der Waals surface area contributed by atoms with Crippen LogP contribution in [0.4, 0.5) is 4.79 Å². The average molecular weight is 495 g/mol. The Labute approximate surface area is 207 Å². The van der Waals surface area contributed by atoms with Crippen molar-refractivity contribution in [3.05, 3.63) is 0 Å². The third-order valence-corrected chi connectivity index (χ3v) is 7.90. The Hall–Kier alpha value is -2.40. The van der Waals surface area contributed by atoms with Crippen LogP contribution in [0.15, 0.2) is 0 Å². The van der Waals surface area contributed by atoms with Crippen molar-refractivity contribution in [1.29, 1.82) is 0 Å². The zero-order valence-electron chi connectivity index (χ0n) is 21.5. The number of aliphatic hydroxyl groups excluding tert-OH is 1. The summed E-state index contributed by atoms with van der Waals surface area (Å²) in [4.78, 5) is 52.5. The van der Waals surface area contributed by atoms with Crippen LogP contribution in [0.1, 0.15) is 60.3 Å². The lowest BCUT2D eigenvalue weighted by atomic mass is 9.79. The van der Waals surface area contributed by atoms with Crippen LogP contribution in [-0.2, 0) is 14.4 Å². The molecule has 8 N–H and O–H groups in total. The summed E-state index contributed by atoms with van der Waals surface area (Å²) in [7, 11) is 0. The van der Waals surface area contributed by atoms with Crippen LogP contribution in [0.5, 0.6) is 0 Å². The monoisotopic (exact) mass is 494 g/mol. The van der Waals surface area contributed by atoms with Gasteiger partial charge in [-0.25, -0.2) is 4.79 Å². The first-order valence-electron chi connectivity index (χ1n) is 12.5. The first kappa shape index (κ1) is 27.2. The van der Waals surface area contributed by atoms with Crippen LogP contribution >= 0.6 is 0 Å². The lowest BCUT2D eigenvalue weighted by Crippen LogP contribution is -2.61. The Kier molecular flexibility index (Phi) is 7.71. The number of nitrogens with one attached hydrogen (secondary N) is 3. The second-order valence-electron chi connectivity index (χ2n) is 12.0. The maximum atomic E-state index is 13.5. The van der Waals surface area contributed by atoms with Crippen molar-refractivity contribution in [2.24, 2.45) is 34.6 Å². The average Bonchev–Trinajstić information content (AvgIpc) is 3.06. The predicted molar refractivity (Wildman–Crippen MR) is 130 cm³/mol. The molecule has 1 heterocycles. The number of carbonyl (C=O) groups is 4. The van der Waals surface area contributed by atoms with Gasteiger partial charge in [-0.05, 0) is 50.4 Å². The van der Waals surface area contributed by atoms with Gasteiger partial charge in [-0.3, -0.25) is 14.4 Å². The second-order valence-corrected chi connectivity index (χ2v) is 12.0. The molecule has 0 radical (unpaired) electrons. The zero-order valence-corrected chi connectivity index (χ0v) is 21.5. The fourth-order valence-corrected chi connectivity index (χ4v) is 5.59. The summed E-state index contributed by atoms with van der Waals surface area (Å²) in [6.07, 6.45) is 1.98. The van der Waals surface area contributed by atoms with Crippen molar-refractivity contribution in [1.82, 2.24) is 20.9 Å². The van der Waals surface area contributed by atoms with Gasteiger partial charge in [0, 0.05) is 18.6 Å². The number of aliphatic hydroxyl groups is 1. The van der Waals surface area contributed by atoms with Gasteiger partial charge in [-0.1, -0.05) is 33.1 Å². The van der Waals surface area contributed by atoms with Crippen LogP contribution in [-0.4, -0.2) is 76.6 Å². The maximum Gasteiger partial charge on any atom is 0.315 e. The van der Waals surface area contributed by atoms with Gasteiger partial charge in [0.25, 0.3) is 0 Å². The number of likely N-dealkylation sites (tertiary alicyclic amines) is 1. The third kappa shape index (κ3) is 5.88. The normalized spacial score (nSPS) is 27.6. The number of hydrogen-bond acceptors (Lipinski definition) is 6. The first-order chi connectivity index (χ1) is 16.2. The van der Waals surface area contributed by atoms with E-state index in [1.165, 1.54) is 4.90 Å². The fourth-order valence-electron chi connectivity index (χ4n) is 5.59. The van der Waals surface area contributed by atoms with E-state index < -0.39 is 53.5 Å². The van der Waals surface area contributed by atoms with Crippen molar-refractivity contribution < 1.29 is 24.3 Å². The lowest BCUT2D eigenvalue weighted by Gasteiger charge is -2.36. The van der Waals surface area contributed by atoms with Gasteiger partial charge in [0.15, 0.2) is 6.10 Å². The molecule has 3 fully saturated rings. The molecule has 0 aromatic heterocycles. The molecule has 0 bridgehead atoms. The number of urea groups is 1. The summed E-state index contributed by atoms with van der Waals surface area (Å²) in [5.74, 6) is -1.36. The molecule has 0 spiro atoms. The minimum atomic E-state index is -1.51. The Morgan fingerprint density at radius 1 is 1.14 bits per heavy atom. The van der Waals surface area contributed by atoms with Crippen molar-refractivity contribution in [2.45, 2.75) is 90.1 Å². The molecular formula is C24H42N6O5. The molecule has 0 aromatic carbocycles. The molecule has 11 heteroatoms. The van der Waals surface area contributed by atoms with E-state index in [1.54, 1.807) is 0 Å². The van der Waals surface area contributed by atoms with Crippen LogP contribution < -0.4 is 27.4 Å². The molecule has 5 amide bonds. The Morgan fingerprint density at radius 2 is 1.77 bits per heavy atom. The molecule has 2 saturated carbocycles. The lowest BCUT2D eigenvalue weighted by molar-refractivity contribution is -0.142. The number of nitrogens with zero attached hydrogens (tertiary/aromatic N) is 1. The molecule has 3 aliphatic rings. The van der Waals surface area contributed by atoms with E-state index in [4.69, 9.17) is 11.5 Å². The molecule has 6 atom stereocenters. The van der Waals surface area contributed by atoms with E-state index in [1.807, 2.05) is 20.8 Å². The SMILES string of the molecule is CC(C)(C)NC(=O)N[C@@H](CN)C(=O)N1CC2C(C1C(=O)NC(CC1CCC1)C(O)C(N)=O)C2(C)C. The van der Waals surface area contributed by atoms with E-state index >= 15 is 0 Å². The summed E-state index contributed by atoms with van der Waals surface area (Å²) in [5.41, 5.74) is 10.5. The van der Waals surface area contributed by atoms with Gasteiger partial charge in [0.1, 0.15) is 12.1 Å². The topological polar surface area (TPSA) is 180 Å². The summed E-state index contributed by atoms with van der Waals surface area (Å²) in [5, 5.41) is 18.6. The second kappa shape index (κ2) is 9.93. The standard InChI is InChI=1S/C24H42N6O5/c1-23(2,3)29-22(35)28-15(10-25)21(34)30-11-13-16(24(13,4)5)17(30)20(33)27-14(18(31)19(26)32)9-12-7-6-8-12/h12-18,31H,6-11,25H2,1-5H3,(H2,26,32)(H,27,33)(H2,28,29,35)/t13?,14?,15-,16?,17?,18?/m0/s1. The molecule has 11 nitrogen and oxygen atoms in total. The van der Waals surface area contributed by atoms with Gasteiger partial charge in [0.2, 0.25) is 17.7 Å². The van der Waals surface area contributed by atoms with E-state index in [0.717, 1.165) is 19.3 Å². The van der Waals surface area contributed by atoms with Gasteiger partial charge in [0.05, 0.1) is 6.04 Å². The number of piperidine rings is 1. The van der Waals surface area contributed by atoms with E-state index in [-0.39, 0.29) is 23.8 Å². The Bertz CT molecular complexity index is 852. The molecule has 1 saturated heterocycles. The highest BCUT2D eigenvalue weighted by Gasteiger charge is 2.69. The molecule has 2 aliphatic carbocycles. The summed E-state index contributed by atoms with van der Waals surface area (Å²) in [6.45, 7) is 9.84. The highest BCUT2D eigenvalue weighted by Crippen LogP contribution is 2.64. The smallest absolute Gasteiger partial charge is 0.315 e. The number of hydrogen-bond donors (Lipinski definition) is 6. The van der Waals surface area contributed by atoms with Crippen LogP contribution in [0, 0.1) is 23.2 Å². The van der Waals surface area contributed by atoms with E-state index in [9.17, 15) is 24.3 Å². The third-order valence-electron chi connectivity index (χ3n) is 7.90. The highest BCUT2D eigenvalue weighted by molar-refractivity contribution is 5.94. The number of fused-ring (bicyclic) bond motifs is 1. The quantitative estimate of drug-likeness (QED) is 0.249. The molecule has 0 aromatic rings. The number of nitrogens with two attached hydrogens (primary N) is 2. The molecule has 5 unspecified atom stereocenters. The first-order valence-corrected chi connectivity index (χ1v) is 12.5. The summed E-state index contributed by atoms with van der Waals surface area (Å²) < 4.78 is 0. The van der Waals surface area contributed by atoms with Crippen molar-refractivity contribution in [2.75, 3.05) is 13.1 Å². The molecular weight excluding hydrogens is 452 g/mol. The zero-order chi connectivity index (χ0) is 26.3. The highest BCUT2D eigenvalue weighted by atomic mass is 16.3. The predicted octanol–water partition coefficient (Wildman–Crippen LogP) is -0.584. The maximum absolute atomic E-state index is 13.5. The van der Waals surface area contributed by atoms with Gasteiger partial charge >= 0.3 is 6.03 Å². The molecule has 1 aliphatic heterocycles.